The summed E-state index contributed by atoms with van der Waals surface area (Å²) in [6.45, 7) is 4.94. The van der Waals surface area contributed by atoms with Gasteiger partial charge in [-0.3, -0.25) is 9.59 Å². The van der Waals surface area contributed by atoms with Crippen LogP contribution in [0.4, 0.5) is 0 Å². The smallest absolute Gasteiger partial charge is 0.305 e. The average Bonchev–Trinajstić information content (AvgIpc) is 3.62. The number of nitrogens with one attached hydrogen (secondary N) is 1. The lowest BCUT2D eigenvalue weighted by Gasteiger charge is -2.20. The molecule has 0 spiro atoms. The van der Waals surface area contributed by atoms with Gasteiger partial charge in [0.1, 0.15) is 0 Å². The van der Waals surface area contributed by atoms with E-state index in [-0.39, 0.29) is 18.5 Å². The van der Waals surface area contributed by atoms with Gasteiger partial charge < -0.3 is 20.3 Å². The van der Waals surface area contributed by atoms with Crippen molar-refractivity contribution in [2.75, 3.05) is 13.2 Å². The molecule has 0 saturated heterocycles. The van der Waals surface area contributed by atoms with Gasteiger partial charge in [0.15, 0.2) is 0 Å². The molecule has 0 aromatic carbocycles. The van der Waals surface area contributed by atoms with E-state index in [1.54, 1.807) is 6.08 Å². The first kappa shape index (κ1) is 87.1. The second-order valence-corrected chi connectivity index (χ2v) is 28.1. The topological polar surface area (TPSA) is 95.9 Å². The molecule has 0 fully saturated rings. The van der Waals surface area contributed by atoms with E-state index in [1.807, 2.05) is 6.08 Å². The summed E-state index contributed by atoms with van der Waals surface area (Å²) >= 11 is 0. The number of aliphatic hydroxyl groups excluding tert-OH is 2. The number of aliphatic hydroxyl groups is 2. The van der Waals surface area contributed by atoms with Crippen molar-refractivity contribution in [2.24, 2.45) is 0 Å². The van der Waals surface area contributed by atoms with Crippen LogP contribution in [0.2, 0.25) is 0 Å². The molecule has 0 aliphatic heterocycles. The maximum absolute atomic E-state index is 12.5. The number of carbonyl (C=O) groups excluding carboxylic acids is 2. The molecule has 0 radical (unpaired) electrons. The van der Waals surface area contributed by atoms with E-state index in [0.717, 1.165) is 38.5 Å². The first-order valence-electron chi connectivity index (χ1n) is 40.8. The predicted octanol–water partition coefficient (Wildman–Crippen LogP) is 27.0. The molecule has 0 heterocycles. The van der Waals surface area contributed by atoms with Gasteiger partial charge in [0, 0.05) is 12.8 Å². The number of allylic oxidation sites excluding steroid dienone is 5. The zero-order valence-electron chi connectivity index (χ0n) is 60.4. The lowest BCUT2D eigenvalue weighted by Crippen LogP contribution is -2.45. The highest BCUT2D eigenvalue weighted by atomic mass is 16.5. The number of ether oxygens (including phenoxy) is 1. The van der Waals surface area contributed by atoms with E-state index in [4.69, 9.17) is 4.74 Å². The third-order valence-electron chi connectivity index (χ3n) is 19.1. The number of hydrogen-bond acceptors (Lipinski definition) is 5. The van der Waals surface area contributed by atoms with E-state index < -0.39 is 12.1 Å². The Balaban J connectivity index is 3.33. The average molecular weight is 1250 g/mol. The highest BCUT2D eigenvalue weighted by Crippen LogP contribution is 2.20. The molecule has 3 N–H and O–H groups in total. The van der Waals surface area contributed by atoms with Crippen molar-refractivity contribution in [3.63, 3.8) is 0 Å². The Morgan fingerprint density at radius 1 is 0.303 bits per heavy atom. The predicted molar refractivity (Wildman–Crippen MR) is 393 cm³/mol. The van der Waals surface area contributed by atoms with Crippen molar-refractivity contribution in [1.29, 1.82) is 0 Å². The number of amides is 1. The van der Waals surface area contributed by atoms with E-state index >= 15 is 0 Å². The summed E-state index contributed by atoms with van der Waals surface area (Å²) in [7, 11) is 0. The summed E-state index contributed by atoms with van der Waals surface area (Å²) in [5, 5.41) is 23.2. The minimum absolute atomic E-state index is 0.0197. The van der Waals surface area contributed by atoms with Crippen molar-refractivity contribution in [3.8, 4) is 0 Å². The molecule has 2 unspecified atom stereocenters. The minimum atomic E-state index is -0.841. The molecular formula is C83H159NO5. The van der Waals surface area contributed by atoms with Crippen LogP contribution in [-0.4, -0.2) is 47.4 Å². The standard InChI is InChI=1S/C83H159NO5/c1-3-5-7-9-11-13-15-17-19-44-49-53-57-61-65-69-73-77-83(88)89-78-74-70-66-62-58-54-50-46-43-41-39-37-35-33-31-29-27-25-23-21-22-24-26-28-30-32-34-36-38-40-42-45-48-52-56-60-64-68-72-76-82(87)84-80(79-85)81(86)75-71-67-63-59-55-51-47-20-18-16-14-12-10-8-6-4-2/h17,19,21-22,71,75,80-81,85-86H,3-16,18,20,23-70,72-74,76-79H2,1-2H3,(H,84,87)/b19-17-,22-21-,75-71+. The molecule has 0 aliphatic carbocycles. The summed E-state index contributed by atoms with van der Waals surface area (Å²) in [5.41, 5.74) is 0. The first-order chi connectivity index (χ1) is 44.0. The van der Waals surface area contributed by atoms with Crippen molar-refractivity contribution in [1.82, 2.24) is 5.32 Å². The van der Waals surface area contributed by atoms with Gasteiger partial charge in [0.25, 0.3) is 0 Å². The number of unbranched alkanes of at least 4 members (excludes halogenated alkanes) is 62. The molecule has 6 heteroatoms. The summed E-state index contributed by atoms with van der Waals surface area (Å²) in [6, 6.07) is -0.625. The fourth-order valence-electron chi connectivity index (χ4n) is 12.9. The Morgan fingerprint density at radius 2 is 0.528 bits per heavy atom. The van der Waals surface area contributed by atoms with Crippen LogP contribution in [0.15, 0.2) is 36.5 Å². The second-order valence-electron chi connectivity index (χ2n) is 28.1. The van der Waals surface area contributed by atoms with Crippen molar-refractivity contribution in [3.05, 3.63) is 36.5 Å². The molecule has 0 rings (SSSR count). The van der Waals surface area contributed by atoms with Gasteiger partial charge in [-0.15, -0.1) is 0 Å². The highest BCUT2D eigenvalue weighted by molar-refractivity contribution is 5.76. The van der Waals surface area contributed by atoms with Crippen molar-refractivity contribution >= 4 is 11.9 Å². The third-order valence-corrected chi connectivity index (χ3v) is 19.1. The molecule has 0 saturated carbocycles. The summed E-state index contributed by atoms with van der Waals surface area (Å²) < 4.78 is 5.51. The second kappa shape index (κ2) is 78.5. The molecule has 2 atom stereocenters. The molecule has 0 aromatic heterocycles. The molecule has 526 valence electrons. The molecule has 6 nitrogen and oxygen atoms in total. The lowest BCUT2D eigenvalue weighted by atomic mass is 10.0. The summed E-state index contributed by atoms with van der Waals surface area (Å²) in [4.78, 5) is 24.6. The Bertz CT molecular complexity index is 1440. The quantitative estimate of drug-likeness (QED) is 0.0320. The minimum Gasteiger partial charge on any atom is -0.466 e. The first-order valence-corrected chi connectivity index (χ1v) is 40.8. The third kappa shape index (κ3) is 75.0. The van der Waals surface area contributed by atoms with Crippen LogP contribution in [0.3, 0.4) is 0 Å². The normalized spacial score (nSPS) is 12.6. The van der Waals surface area contributed by atoms with E-state index in [0.29, 0.717) is 19.4 Å². The fraction of sp³-hybridized carbons (Fsp3) is 0.904. The molecular weight excluding hydrogens is 1090 g/mol. The van der Waals surface area contributed by atoms with Gasteiger partial charge >= 0.3 is 5.97 Å². The zero-order chi connectivity index (χ0) is 64.2. The van der Waals surface area contributed by atoms with Crippen LogP contribution in [0.25, 0.3) is 0 Å². The Morgan fingerprint density at radius 3 is 0.798 bits per heavy atom. The number of rotatable bonds is 77. The van der Waals surface area contributed by atoms with Gasteiger partial charge in [0.05, 0.1) is 25.4 Å². The van der Waals surface area contributed by atoms with E-state index in [2.05, 4.69) is 43.5 Å². The van der Waals surface area contributed by atoms with Crippen LogP contribution < -0.4 is 5.32 Å². The van der Waals surface area contributed by atoms with Crippen LogP contribution in [0, 0.1) is 0 Å². The molecule has 0 aliphatic rings. The Labute approximate surface area is 557 Å². The Hall–Kier alpha value is -1.92. The largest absolute Gasteiger partial charge is 0.466 e. The Kier molecular flexibility index (Phi) is 76.8. The van der Waals surface area contributed by atoms with Gasteiger partial charge in [-0.25, -0.2) is 0 Å². The number of esters is 1. The lowest BCUT2D eigenvalue weighted by molar-refractivity contribution is -0.143. The van der Waals surface area contributed by atoms with Gasteiger partial charge in [-0.05, 0) is 83.5 Å². The molecule has 89 heavy (non-hydrogen) atoms. The zero-order valence-corrected chi connectivity index (χ0v) is 60.4. The van der Waals surface area contributed by atoms with Crippen LogP contribution >= 0.6 is 0 Å². The fourth-order valence-corrected chi connectivity index (χ4v) is 12.9. The van der Waals surface area contributed by atoms with Gasteiger partial charge in [-0.2, -0.15) is 0 Å². The van der Waals surface area contributed by atoms with Crippen molar-refractivity contribution in [2.45, 2.75) is 469 Å². The highest BCUT2D eigenvalue weighted by Gasteiger charge is 2.18. The van der Waals surface area contributed by atoms with Crippen LogP contribution in [-0.2, 0) is 14.3 Å². The van der Waals surface area contributed by atoms with Crippen molar-refractivity contribution < 1.29 is 24.5 Å². The van der Waals surface area contributed by atoms with Gasteiger partial charge in [-0.1, -0.05) is 397 Å². The van der Waals surface area contributed by atoms with Crippen LogP contribution in [0.5, 0.6) is 0 Å². The monoisotopic (exact) mass is 1250 g/mol. The number of hydrogen-bond donors (Lipinski definition) is 3. The maximum Gasteiger partial charge on any atom is 0.305 e. The summed E-state index contributed by atoms with van der Waals surface area (Å²) in [6.07, 6.45) is 103. The molecule has 0 bridgehead atoms. The van der Waals surface area contributed by atoms with Crippen LogP contribution in [0.1, 0.15) is 457 Å². The van der Waals surface area contributed by atoms with E-state index in [9.17, 15) is 19.8 Å². The van der Waals surface area contributed by atoms with E-state index in [1.165, 1.54) is 392 Å². The molecule has 1 amide bonds. The summed E-state index contributed by atoms with van der Waals surface area (Å²) in [5.74, 6) is -0.0407. The maximum atomic E-state index is 12.5. The van der Waals surface area contributed by atoms with Gasteiger partial charge in [0.2, 0.25) is 5.91 Å². The molecule has 0 aromatic rings. The SMILES string of the molecule is CCCCCCCC/C=C\CCCCCCCCCC(=O)OCCCCCCCCCCCCCCCCCCCC/C=C\CCCCCCCCCCCCCCCCCCCC(=O)NC(CO)C(O)/C=C/CCCCCCCCCCCCCCCC. The number of carbonyl (C=O) groups is 2.